The van der Waals surface area contributed by atoms with Gasteiger partial charge in [-0.1, -0.05) is 37.3 Å². The van der Waals surface area contributed by atoms with Crippen molar-refractivity contribution in [3.63, 3.8) is 0 Å². The summed E-state index contributed by atoms with van der Waals surface area (Å²) in [5.74, 6) is 0.184. The van der Waals surface area contributed by atoms with Crippen LogP contribution in [0.5, 0.6) is 0 Å². The Morgan fingerprint density at radius 3 is 2.48 bits per heavy atom. The lowest BCUT2D eigenvalue weighted by atomic mass is 9.95. The van der Waals surface area contributed by atoms with E-state index in [0.717, 1.165) is 37.8 Å². The molecule has 136 valence electrons. The van der Waals surface area contributed by atoms with Crippen molar-refractivity contribution in [2.45, 2.75) is 44.6 Å². The molecule has 0 aromatic heterocycles. The predicted octanol–water partition coefficient (Wildman–Crippen LogP) is 2.42. The smallest absolute Gasteiger partial charge is 0.251 e. The highest BCUT2D eigenvalue weighted by molar-refractivity contribution is 5.84. The second-order valence-corrected chi connectivity index (χ2v) is 6.88. The Hall–Kier alpha value is -1.88. The lowest BCUT2D eigenvalue weighted by Crippen LogP contribution is -2.42. The minimum Gasteiger partial charge on any atom is -0.368 e. The van der Waals surface area contributed by atoms with Crippen molar-refractivity contribution in [3.8, 4) is 0 Å². The Bertz CT molecular complexity index is 584. The molecule has 1 aromatic carbocycles. The first-order chi connectivity index (χ1) is 12.2. The van der Waals surface area contributed by atoms with Crippen molar-refractivity contribution in [2.75, 3.05) is 32.8 Å². The van der Waals surface area contributed by atoms with Crippen LogP contribution in [0.2, 0.25) is 0 Å². The van der Waals surface area contributed by atoms with Crippen molar-refractivity contribution in [1.29, 1.82) is 0 Å². The van der Waals surface area contributed by atoms with E-state index in [4.69, 9.17) is 4.74 Å². The van der Waals surface area contributed by atoms with Gasteiger partial charge in [0.2, 0.25) is 5.91 Å². The second-order valence-electron chi connectivity index (χ2n) is 6.88. The van der Waals surface area contributed by atoms with Gasteiger partial charge in [-0.05, 0) is 31.2 Å². The molecule has 5 heteroatoms. The summed E-state index contributed by atoms with van der Waals surface area (Å²) in [6.07, 6.45) is 3.14. The van der Waals surface area contributed by atoms with Gasteiger partial charge in [-0.2, -0.15) is 0 Å². The number of nitrogens with zero attached hydrogens (tertiary/aromatic N) is 2. The van der Waals surface area contributed by atoms with E-state index in [1.807, 2.05) is 40.1 Å². The summed E-state index contributed by atoms with van der Waals surface area (Å²) >= 11 is 0. The zero-order valence-corrected chi connectivity index (χ0v) is 15.0. The molecule has 2 aliphatic rings. The molecule has 0 saturated carbocycles. The van der Waals surface area contributed by atoms with Crippen LogP contribution < -0.4 is 0 Å². The molecule has 0 unspecified atom stereocenters. The van der Waals surface area contributed by atoms with Crippen LogP contribution in [0, 0.1) is 0 Å². The third kappa shape index (κ3) is 4.21. The second kappa shape index (κ2) is 8.48. The summed E-state index contributed by atoms with van der Waals surface area (Å²) in [5, 5.41) is 0. The van der Waals surface area contributed by atoms with Crippen LogP contribution in [0.4, 0.5) is 0 Å². The van der Waals surface area contributed by atoms with E-state index in [-0.39, 0.29) is 23.8 Å². The third-order valence-corrected chi connectivity index (χ3v) is 5.23. The minimum absolute atomic E-state index is 0.0957. The molecule has 5 nitrogen and oxygen atoms in total. The van der Waals surface area contributed by atoms with Gasteiger partial charge in [0.1, 0.15) is 6.10 Å². The molecule has 2 atom stereocenters. The van der Waals surface area contributed by atoms with Gasteiger partial charge in [0.05, 0.1) is 5.92 Å². The maximum absolute atomic E-state index is 13.0. The standard InChI is InChI=1S/C20H28N2O3/c1-2-17(16-8-4-3-5-9-16)19(23)21-11-7-12-22(14-13-21)20(24)18-10-6-15-25-18/h3-5,8-9,17-18H,2,6-7,10-15H2,1H3/t17-,18-/m1/s1. The van der Waals surface area contributed by atoms with Gasteiger partial charge in [-0.25, -0.2) is 0 Å². The van der Waals surface area contributed by atoms with Gasteiger partial charge >= 0.3 is 0 Å². The average Bonchev–Trinajstić information content (AvgIpc) is 3.07. The van der Waals surface area contributed by atoms with Crippen LogP contribution >= 0.6 is 0 Å². The molecule has 0 radical (unpaired) electrons. The van der Waals surface area contributed by atoms with Crippen LogP contribution in [0.1, 0.15) is 44.1 Å². The number of carbonyl (C=O) groups excluding carboxylic acids is 2. The number of benzene rings is 1. The van der Waals surface area contributed by atoms with Crippen LogP contribution in [0.3, 0.4) is 0 Å². The molecule has 1 aromatic rings. The molecule has 2 aliphatic heterocycles. The summed E-state index contributed by atoms with van der Waals surface area (Å²) < 4.78 is 5.52. The zero-order chi connectivity index (χ0) is 17.6. The fourth-order valence-electron chi connectivity index (χ4n) is 3.79. The largest absolute Gasteiger partial charge is 0.368 e. The molecule has 0 N–H and O–H groups in total. The number of amides is 2. The maximum atomic E-state index is 13.0. The minimum atomic E-state index is -0.269. The topological polar surface area (TPSA) is 49.9 Å². The highest BCUT2D eigenvalue weighted by atomic mass is 16.5. The molecular weight excluding hydrogens is 316 g/mol. The lowest BCUT2D eigenvalue weighted by molar-refractivity contribution is -0.141. The molecule has 3 rings (SSSR count). The summed E-state index contributed by atoms with van der Waals surface area (Å²) in [5.41, 5.74) is 1.08. The van der Waals surface area contributed by atoms with Crippen LogP contribution in [0.15, 0.2) is 30.3 Å². The highest BCUT2D eigenvalue weighted by Gasteiger charge is 2.31. The van der Waals surface area contributed by atoms with E-state index < -0.39 is 0 Å². The fraction of sp³-hybridized carbons (Fsp3) is 0.600. The van der Waals surface area contributed by atoms with Gasteiger partial charge in [-0.15, -0.1) is 0 Å². The molecule has 0 spiro atoms. The zero-order valence-electron chi connectivity index (χ0n) is 15.0. The van der Waals surface area contributed by atoms with Crippen molar-refractivity contribution in [3.05, 3.63) is 35.9 Å². The SMILES string of the molecule is CC[C@@H](C(=O)N1CCCN(C(=O)[C@H]2CCCO2)CC1)c1ccccc1. The van der Waals surface area contributed by atoms with E-state index >= 15 is 0 Å². The number of ether oxygens (including phenoxy) is 1. The number of hydrogen-bond acceptors (Lipinski definition) is 3. The molecular formula is C20H28N2O3. The molecule has 2 saturated heterocycles. The normalized spacial score (nSPS) is 22.5. The highest BCUT2D eigenvalue weighted by Crippen LogP contribution is 2.23. The Balaban J connectivity index is 1.61. The molecule has 2 fully saturated rings. The van der Waals surface area contributed by atoms with E-state index in [1.165, 1.54) is 0 Å². The molecule has 0 bridgehead atoms. The lowest BCUT2D eigenvalue weighted by Gasteiger charge is -2.26. The quantitative estimate of drug-likeness (QED) is 0.843. The first kappa shape index (κ1) is 17.9. The maximum Gasteiger partial charge on any atom is 0.251 e. The number of rotatable bonds is 4. The monoisotopic (exact) mass is 344 g/mol. The predicted molar refractivity (Wildman–Crippen MR) is 96.2 cm³/mol. The number of carbonyl (C=O) groups is 2. The summed E-state index contributed by atoms with van der Waals surface area (Å²) in [4.78, 5) is 29.4. The van der Waals surface area contributed by atoms with E-state index in [9.17, 15) is 9.59 Å². The summed E-state index contributed by atoms with van der Waals surface area (Å²) in [6, 6.07) is 9.99. The van der Waals surface area contributed by atoms with Gasteiger partial charge in [-0.3, -0.25) is 9.59 Å². The summed E-state index contributed by atoms with van der Waals surface area (Å²) in [7, 11) is 0. The van der Waals surface area contributed by atoms with Crippen LogP contribution in [-0.4, -0.2) is 60.5 Å². The van der Waals surface area contributed by atoms with Crippen molar-refractivity contribution in [2.24, 2.45) is 0 Å². The fourth-order valence-corrected chi connectivity index (χ4v) is 3.79. The average molecular weight is 344 g/mol. The third-order valence-electron chi connectivity index (χ3n) is 5.23. The van der Waals surface area contributed by atoms with E-state index in [0.29, 0.717) is 26.2 Å². The molecule has 2 heterocycles. The number of hydrogen-bond donors (Lipinski definition) is 0. The van der Waals surface area contributed by atoms with Crippen molar-refractivity contribution < 1.29 is 14.3 Å². The molecule has 0 aliphatic carbocycles. The molecule has 2 amide bonds. The Labute approximate surface area is 149 Å². The van der Waals surface area contributed by atoms with Crippen LogP contribution in [-0.2, 0) is 14.3 Å². The summed E-state index contributed by atoms with van der Waals surface area (Å²) in [6.45, 7) is 5.39. The van der Waals surface area contributed by atoms with E-state index in [2.05, 4.69) is 6.92 Å². The Morgan fingerprint density at radius 1 is 1.08 bits per heavy atom. The first-order valence-corrected chi connectivity index (χ1v) is 9.45. The van der Waals surface area contributed by atoms with Gasteiger partial charge < -0.3 is 14.5 Å². The van der Waals surface area contributed by atoms with Gasteiger partial charge in [0.15, 0.2) is 0 Å². The first-order valence-electron chi connectivity index (χ1n) is 9.45. The van der Waals surface area contributed by atoms with Crippen molar-refractivity contribution >= 4 is 11.8 Å². The Morgan fingerprint density at radius 2 is 1.80 bits per heavy atom. The van der Waals surface area contributed by atoms with Crippen molar-refractivity contribution in [1.82, 2.24) is 9.80 Å². The van der Waals surface area contributed by atoms with Gasteiger partial charge in [0.25, 0.3) is 5.91 Å². The van der Waals surface area contributed by atoms with Crippen LogP contribution in [0.25, 0.3) is 0 Å². The van der Waals surface area contributed by atoms with Gasteiger partial charge in [0, 0.05) is 32.8 Å². The molecule has 25 heavy (non-hydrogen) atoms. The Kier molecular flexibility index (Phi) is 6.08. The van der Waals surface area contributed by atoms with E-state index in [1.54, 1.807) is 0 Å².